The summed E-state index contributed by atoms with van der Waals surface area (Å²) in [5.41, 5.74) is 0.836. The van der Waals surface area contributed by atoms with Crippen molar-refractivity contribution in [2.24, 2.45) is 5.92 Å². The van der Waals surface area contributed by atoms with Crippen molar-refractivity contribution in [2.75, 3.05) is 20.3 Å². The summed E-state index contributed by atoms with van der Waals surface area (Å²) in [6, 6.07) is 0. The van der Waals surface area contributed by atoms with E-state index in [0.717, 1.165) is 63.8 Å². The fraction of sp³-hybridized carbons (Fsp3) is 0.857. The zero-order valence-corrected chi connectivity index (χ0v) is 17.8. The number of hydrogen-bond acceptors (Lipinski definition) is 6. The van der Waals surface area contributed by atoms with Crippen molar-refractivity contribution in [2.45, 2.75) is 90.6 Å². The second-order valence-corrected chi connectivity index (χ2v) is 7.65. The topological polar surface area (TPSA) is 75.5 Å². The zero-order chi connectivity index (χ0) is 20.2. The summed E-state index contributed by atoms with van der Waals surface area (Å²) in [7, 11) is 1.75. The van der Waals surface area contributed by atoms with Gasteiger partial charge in [0.15, 0.2) is 0 Å². The summed E-state index contributed by atoms with van der Waals surface area (Å²) in [6.07, 6.45) is 9.76. The molecule has 2 atom stereocenters. The van der Waals surface area contributed by atoms with Crippen molar-refractivity contribution >= 4 is 5.78 Å². The Morgan fingerprint density at radius 3 is 2.89 bits per heavy atom. The minimum Gasteiger partial charge on any atom is -0.381 e. The Labute approximate surface area is 169 Å². The van der Waals surface area contributed by atoms with Crippen LogP contribution in [0.25, 0.3) is 0 Å². The van der Waals surface area contributed by atoms with Crippen LogP contribution in [0.2, 0.25) is 0 Å². The highest BCUT2D eigenvalue weighted by Crippen LogP contribution is 2.17. The molecule has 28 heavy (non-hydrogen) atoms. The van der Waals surface area contributed by atoms with Crippen LogP contribution < -0.4 is 0 Å². The molecule has 0 aromatic carbocycles. The first-order valence-electron chi connectivity index (χ1n) is 10.8. The number of carbonyl (C=O) groups is 1. The highest BCUT2D eigenvalue weighted by molar-refractivity contribution is 5.80. The van der Waals surface area contributed by atoms with E-state index in [4.69, 9.17) is 14.2 Å². The van der Waals surface area contributed by atoms with E-state index in [-0.39, 0.29) is 18.1 Å². The lowest BCUT2D eigenvalue weighted by molar-refractivity contribution is -0.123. The average molecular weight is 396 g/mol. The van der Waals surface area contributed by atoms with Gasteiger partial charge in [-0.15, -0.1) is 5.10 Å². The fourth-order valence-corrected chi connectivity index (χ4v) is 3.68. The second-order valence-electron chi connectivity index (χ2n) is 7.65. The molecule has 1 aromatic heterocycles. The normalized spacial score (nSPS) is 20.0. The molecule has 0 aliphatic carbocycles. The number of rotatable bonds is 14. The standard InChI is InChI=1S/C21H37N3O4/c1-4-17(5-2)21(25)9-7-6-8-11-24-14-18(22-23-24)15-27-16-20-13-19(26-3)10-12-28-20/h14,17,19-20H,4-13,15-16H2,1-3H3/t19-,20-/m0/s1. The maximum atomic E-state index is 12.0. The molecule has 1 aliphatic rings. The minimum absolute atomic E-state index is 0.0940. The van der Waals surface area contributed by atoms with Gasteiger partial charge in [0.1, 0.15) is 11.5 Å². The van der Waals surface area contributed by atoms with Crippen molar-refractivity contribution in [3.05, 3.63) is 11.9 Å². The third kappa shape index (κ3) is 7.97. The molecule has 1 saturated heterocycles. The van der Waals surface area contributed by atoms with Crippen molar-refractivity contribution in [1.29, 1.82) is 0 Å². The van der Waals surface area contributed by atoms with Gasteiger partial charge in [-0.25, -0.2) is 0 Å². The van der Waals surface area contributed by atoms with Crippen molar-refractivity contribution in [3.63, 3.8) is 0 Å². The summed E-state index contributed by atoms with van der Waals surface area (Å²) in [5, 5.41) is 8.33. The summed E-state index contributed by atoms with van der Waals surface area (Å²) >= 11 is 0. The van der Waals surface area contributed by atoms with E-state index in [1.165, 1.54) is 0 Å². The molecule has 0 spiro atoms. The molecule has 1 aromatic rings. The second kappa shape index (κ2) is 13.0. The molecule has 0 N–H and O–H groups in total. The van der Waals surface area contributed by atoms with Gasteiger partial charge in [0, 0.05) is 39.0 Å². The minimum atomic E-state index is 0.0940. The first-order valence-corrected chi connectivity index (χ1v) is 10.8. The molecule has 7 nitrogen and oxygen atoms in total. The van der Waals surface area contributed by atoms with E-state index in [1.807, 2.05) is 10.9 Å². The lowest BCUT2D eigenvalue weighted by Gasteiger charge is -2.28. The maximum Gasteiger partial charge on any atom is 0.135 e. The van der Waals surface area contributed by atoms with E-state index in [1.54, 1.807) is 7.11 Å². The number of Topliss-reactive ketones (excluding diaryl/α,β-unsaturated/α-hetero) is 1. The van der Waals surface area contributed by atoms with E-state index < -0.39 is 0 Å². The molecule has 160 valence electrons. The summed E-state index contributed by atoms with van der Waals surface area (Å²) in [4.78, 5) is 12.0. The number of methoxy groups -OCH3 is 1. The number of ether oxygens (including phenoxy) is 3. The van der Waals surface area contributed by atoms with Crippen molar-refractivity contribution in [1.82, 2.24) is 15.0 Å². The number of aryl methyl sites for hydroxylation is 1. The van der Waals surface area contributed by atoms with E-state index in [2.05, 4.69) is 24.2 Å². The Morgan fingerprint density at radius 1 is 1.32 bits per heavy atom. The SMILES string of the molecule is CCC(CC)C(=O)CCCCCn1cc(COC[C@@H]2C[C@@H](OC)CCO2)nn1. The van der Waals surface area contributed by atoms with Gasteiger partial charge in [0.2, 0.25) is 0 Å². The lowest BCUT2D eigenvalue weighted by atomic mass is 9.94. The highest BCUT2D eigenvalue weighted by Gasteiger charge is 2.22. The van der Waals surface area contributed by atoms with E-state index in [9.17, 15) is 4.79 Å². The van der Waals surface area contributed by atoms with Gasteiger partial charge >= 0.3 is 0 Å². The molecule has 0 bridgehead atoms. The molecular weight excluding hydrogens is 358 g/mol. The van der Waals surface area contributed by atoms with Crippen LogP contribution >= 0.6 is 0 Å². The molecule has 2 rings (SSSR count). The first-order chi connectivity index (χ1) is 13.7. The van der Waals surface area contributed by atoms with Crippen LogP contribution in [-0.4, -0.2) is 53.3 Å². The third-order valence-corrected chi connectivity index (χ3v) is 5.54. The van der Waals surface area contributed by atoms with Gasteiger partial charge < -0.3 is 14.2 Å². The van der Waals surface area contributed by atoms with Crippen LogP contribution in [0.1, 0.15) is 70.9 Å². The number of hydrogen-bond donors (Lipinski definition) is 0. The van der Waals surface area contributed by atoms with Crippen molar-refractivity contribution < 1.29 is 19.0 Å². The molecular formula is C21H37N3O4. The summed E-state index contributed by atoms with van der Waals surface area (Å²) < 4.78 is 18.7. The van der Waals surface area contributed by atoms with Crippen LogP contribution in [0.15, 0.2) is 6.20 Å². The Morgan fingerprint density at radius 2 is 2.14 bits per heavy atom. The summed E-state index contributed by atoms with van der Waals surface area (Å²) in [6.45, 7) is 6.74. The monoisotopic (exact) mass is 395 g/mol. The number of unbranched alkanes of at least 4 members (excludes halogenated alkanes) is 2. The van der Waals surface area contributed by atoms with Crippen LogP contribution in [-0.2, 0) is 32.2 Å². The fourth-order valence-electron chi connectivity index (χ4n) is 3.68. The molecule has 1 fully saturated rings. The molecule has 0 amide bonds. The molecule has 2 heterocycles. The largest absolute Gasteiger partial charge is 0.381 e. The predicted molar refractivity (Wildman–Crippen MR) is 107 cm³/mol. The van der Waals surface area contributed by atoms with Gasteiger partial charge in [0.05, 0.1) is 31.6 Å². The first kappa shape index (κ1) is 23.0. The number of ketones is 1. The number of nitrogens with zero attached hydrogens (tertiary/aromatic N) is 3. The Kier molecular flexibility index (Phi) is 10.7. The molecule has 7 heteroatoms. The zero-order valence-electron chi connectivity index (χ0n) is 17.8. The van der Waals surface area contributed by atoms with E-state index >= 15 is 0 Å². The highest BCUT2D eigenvalue weighted by atomic mass is 16.5. The number of aromatic nitrogens is 3. The lowest BCUT2D eigenvalue weighted by Crippen LogP contribution is -2.33. The van der Waals surface area contributed by atoms with Crippen molar-refractivity contribution in [3.8, 4) is 0 Å². The van der Waals surface area contributed by atoms with Crippen LogP contribution in [0.5, 0.6) is 0 Å². The average Bonchev–Trinajstić information content (AvgIpc) is 3.16. The summed E-state index contributed by atoms with van der Waals surface area (Å²) in [5.74, 6) is 0.668. The maximum absolute atomic E-state index is 12.0. The van der Waals surface area contributed by atoms with Gasteiger partial charge in [-0.2, -0.15) is 0 Å². The van der Waals surface area contributed by atoms with Gasteiger partial charge in [-0.05, 0) is 32.1 Å². The van der Waals surface area contributed by atoms with Gasteiger partial charge in [-0.3, -0.25) is 9.48 Å². The smallest absolute Gasteiger partial charge is 0.135 e. The van der Waals surface area contributed by atoms with E-state index in [0.29, 0.717) is 25.4 Å². The quantitative estimate of drug-likeness (QED) is 0.448. The number of carbonyl (C=O) groups excluding carboxylic acids is 1. The van der Waals surface area contributed by atoms with Crippen LogP contribution in [0, 0.1) is 5.92 Å². The molecule has 0 unspecified atom stereocenters. The van der Waals surface area contributed by atoms with Gasteiger partial charge in [-0.1, -0.05) is 25.5 Å². The molecule has 0 radical (unpaired) electrons. The molecule has 0 saturated carbocycles. The molecule has 1 aliphatic heterocycles. The Balaban J connectivity index is 1.56. The predicted octanol–water partition coefficient (Wildman–Crippen LogP) is 3.55. The third-order valence-electron chi connectivity index (χ3n) is 5.54. The Hall–Kier alpha value is -1.31. The van der Waals surface area contributed by atoms with Crippen LogP contribution in [0.3, 0.4) is 0 Å². The Bertz CT molecular complexity index is 560. The van der Waals surface area contributed by atoms with Crippen LogP contribution in [0.4, 0.5) is 0 Å². The van der Waals surface area contributed by atoms with Gasteiger partial charge in [0.25, 0.3) is 0 Å².